The molecule has 2 aromatic heterocycles. The molecule has 0 aliphatic carbocycles. The molecule has 1 aromatic carbocycles. The quantitative estimate of drug-likeness (QED) is 0.677. The van der Waals surface area contributed by atoms with E-state index in [1.807, 2.05) is 0 Å². The van der Waals surface area contributed by atoms with E-state index < -0.39 is 11.7 Å². The molecule has 3 rings (SSSR count). The van der Waals surface area contributed by atoms with Gasteiger partial charge in [-0.2, -0.15) is 9.61 Å². The zero-order valence-corrected chi connectivity index (χ0v) is 11.2. The van der Waals surface area contributed by atoms with E-state index in [2.05, 4.69) is 5.10 Å². The van der Waals surface area contributed by atoms with Crippen LogP contribution in [0.5, 0.6) is 0 Å². The predicted octanol–water partition coefficient (Wildman–Crippen LogP) is 2.27. The average Bonchev–Trinajstić information content (AvgIpc) is 2.86. The standard InChI is InChI=1S/C13H9ClN2O4/c1-2-19-12(17)9-6-10-8-5-7(14)3-4-11(8)20-13(18)16(10)15-9/h3-6H,2H2,1H3. The van der Waals surface area contributed by atoms with Gasteiger partial charge < -0.3 is 9.15 Å². The van der Waals surface area contributed by atoms with Crippen LogP contribution in [0.25, 0.3) is 16.5 Å². The van der Waals surface area contributed by atoms with Crippen LogP contribution in [0, 0.1) is 0 Å². The Morgan fingerprint density at radius 2 is 2.25 bits per heavy atom. The average molecular weight is 293 g/mol. The number of rotatable bonds is 2. The Hall–Kier alpha value is -2.34. The Morgan fingerprint density at radius 1 is 1.45 bits per heavy atom. The molecule has 7 heteroatoms. The molecule has 102 valence electrons. The van der Waals surface area contributed by atoms with Crippen LogP contribution < -0.4 is 5.76 Å². The van der Waals surface area contributed by atoms with Crippen molar-refractivity contribution in [3.8, 4) is 0 Å². The Balaban J connectivity index is 2.34. The lowest BCUT2D eigenvalue weighted by Gasteiger charge is -1.98. The van der Waals surface area contributed by atoms with Crippen LogP contribution in [0.3, 0.4) is 0 Å². The van der Waals surface area contributed by atoms with E-state index in [1.165, 1.54) is 6.07 Å². The van der Waals surface area contributed by atoms with Gasteiger partial charge >= 0.3 is 11.7 Å². The number of fused-ring (bicyclic) bond motifs is 3. The first-order chi connectivity index (χ1) is 9.60. The smallest absolute Gasteiger partial charge is 0.440 e. The zero-order chi connectivity index (χ0) is 14.3. The van der Waals surface area contributed by atoms with Crippen molar-refractivity contribution in [1.29, 1.82) is 0 Å². The summed E-state index contributed by atoms with van der Waals surface area (Å²) in [5.41, 5.74) is 0.871. The maximum atomic E-state index is 11.8. The highest BCUT2D eigenvalue weighted by atomic mass is 35.5. The maximum Gasteiger partial charge on any atom is 0.440 e. The van der Waals surface area contributed by atoms with Gasteiger partial charge in [-0.25, -0.2) is 9.59 Å². The third-order valence-electron chi connectivity index (χ3n) is 2.78. The second-order valence-electron chi connectivity index (χ2n) is 4.06. The number of ether oxygens (including phenoxy) is 1. The first-order valence-electron chi connectivity index (χ1n) is 5.89. The zero-order valence-electron chi connectivity index (χ0n) is 10.4. The third-order valence-corrected chi connectivity index (χ3v) is 3.02. The van der Waals surface area contributed by atoms with Gasteiger partial charge in [-0.05, 0) is 31.2 Å². The number of hydrogen-bond donors (Lipinski definition) is 0. The predicted molar refractivity (Wildman–Crippen MR) is 72.2 cm³/mol. The van der Waals surface area contributed by atoms with Gasteiger partial charge in [0.15, 0.2) is 5.69 Å². The minimum absolute atomic E-state index is 0.0478. The monoisotopic (exact) mass is 292 g/mol. The van der Waals surface area contributed by atoms with Crippen LogP contribution >= 0.6 is 11.6 Å². The normalized spacial score (nSPS) is 11.1. The molecular weight excluding hydrogens is 284 g/mol. The minimum Gasteiger partial charge on any atom is -0.461 e. The van der Waals surface area contributed by atoms with E-state index in [4.69, 9.17) is 20.8 Å². The molecule has 0 spiro atoms. The van der Waals surface area contributed by atoms with Gasteiger partial charge in [-0.1, -0.05) is 11.6 Å². The van der Waals surface area contributed by atoms with Crippen molar-refractivity contribution in [2.75, 3.05) is 6.61 Å². The lowest BCUT2D eigenvalue weighted by Crippen LogP contribution is -2.13. The van der Waals surface area contributed by atoms with E-state index in [0.717, 1.165) is 4.52 Å². The molecule has 2 heterocycles. The minimum atomic E-state index is -0.676. The van der Waals surface area contributed by atoms with E-state index >= 15 is 0 Å². The number of carbonyl (C=O) groups excluding carboxylic acids is 1. The van der Waals surface area contributed by atoms with Gasteiger partial charge in [0, 0.05) is 10.4 Å². The molecule has 0 fully saturated rings. The number of benzene rings is 1. The Bertz CT molecular complexity index is 881. The summed E-state index contributed by atoms with van der Waals surface area (Å²) >= 11 is 5.94. The van der Waals surface area contributed by atoms with Crippen LogP contribution in [-0.4, -0.2) is 22.2 Å². The van der Waals surface area contributed by atoms with E-state index in [1.54, 1.807) is 25.1 Å². The molecule has 0 saturated heterocycles. The number of esters is 1. The fourth-order valence-electron chi connectivity index (χ4n) is 1.95. The fraction of sp³-hybridized carbons (Fsp3) is 0.154. The molecule has 0 aliphatic heterocycles. The van der Waals surface area contributed by atoms with Crippen LogP contribution in [-0.2, 0) is 4.74 Å². The summed E-state index contributed by atoms with van der Waals surface area (Å²) in [5.74, 6) is -1.27. The van der Waals surface area contributed by atoms with E-state index in [0.29, 0.717) is 21.5 Å². The molecule has 0 bridgehead atoms. The lowest BCUT2D eigenvalue weighted by molar-refractivity contribution is 0.0519. The van der Waals surface area contributed by atoms with Crippen molar-refractivity contribution < 1.29 is 13.9 Å². The van der Waals surface area contributed by atoms with Crippen LogP contribution in [0.15, 0.2) is 33.5 Å². The Morgan fingerprint density at radius 3 is 3.00 bits per heavy atom. The lowest BCUT2D eigenvalue weighted by atomic mass is 10.2. The maximum absolute atomic E-state index is 11.8. The largest absolute Gasteiger partial charge is 0.461 e. The van der Waals surface area contributed by atoms with Gasteiger partial charge in [0.05, 0.1) is 12.1 Å². The molecule has 0 radical (unpaired) electrons. The molecule has 6 nitrogen and oxygen atoms in total. The molecule has 0 amide bonds. The van der Waals surface area contributed by atoms with Crippen LogP contribution in [0.2, 0.25) is 5.02 Å². The topological polar surface area (TPSA) is 73.8 Å². The summed E-state index contributed by atoms with van der Waals surface area (Å²) in [5, 5.41) is 4.99. The third kappa shape index (κ3) is 1.94. The highest BCUT2D eigenvalue weighted by Gasteiger charge is 2.16. The van der Waals surface area contributed by atoms with Gasteiger partial charge in [0.25, 0.3) is 0 Å². The van der Waals surface area contributed by atoms with Crippen LogP contribution in [0.1, 0.15) is 17.4 Å². The van der Waals surface area contributed by atoms with E-state index in [-0.39, 0.29) is 12.3 Å². The number of nitrogens with zero attached hydrogens (tertiary/aromatic N) is 2. The second kappa shape index (κ2) is 4.64. The van der Waals surface area contributed by atoms with Gasteiger partial charge in [-0.3, -0.25) is 0 Å². The second-order valence-corrected chi connectivity index (χ2v) is 4.49. The molecule has 0 saturated carbocycles. The summed E-state index contributed by atoms with van der Waals surface area (Å²) in [6.07, 6.45) is 0. The molecule has 0 unspecified atom stereocenters. The first-order valence-corrected chi connectivity index (χ1v) is 6.27. The number of hydrogen-bond acceptors (Lipinski definition) is 5. The van der Waals surface area contributed by atoms with E-state index in [9.17, 15) is 9.59 Å². The highest BCUT2D eigenvalue weighted by molar-refractivity contribution is 6.31. The Labute approximate surface area is 117 Å². The number of carbonyl (C=O) groups is 1. The molecule has 0 aliphatic rings. The van der Waals surface area contributed by atoms with Gasteiger partial charge in [-0.15, -0.1) is 0 Å². The number of aromatic nitrogens is 2. The van der Waals surface area contributed by atoms with Crippen molar-refractivity contribution >= 4 is 34.1 Å². The summed E-state index contributed by atoms with van der Waals surface area (Å²) in [6.45, 7) is 1.92. The molecular formula is C13H9ClN2O4. The number of halogens is 1. The first kappa shape index (κ1) is 12.7. The summed E-state index contributed by atoms with van der Waals surface area (Å²) in [7, 11) is 0. The summed E-state index contributed by atoms with van der Waals surface area (Å²) in [4.78, 5) is 23.5. The molecule has 0 atom stereocenters. The molecule has 0 N–H and O–H groups in total. The van der Waals surface area contributed by atoms with Crippen LogP contribution in [0.4, 0.5) is 0 Å². The Kier molecular flexibility index (Phi) is 2.94. The fourth-order valence-corrected chi connectivity index (χ4v) is 2.12. The van der Waals surface area contributed by atoms with Gasteiger partial charge in [0.1, 0.15) is 5.58 Å². The molecule has 3 aromatic rings. The summed E-state index contributed by atoms with van der Waals surface area (Å²) in [6, 6.07) is 6.33. The van der Waals surface area contributed by atoms with Crippen molar-refractivity contribution in [2.24, 2.45) is 0 Å². The van der Waals surface area contributed by atoms with Crippen molar-refractivity contribution in [3.05, 3.63) is 45.5 Å². The summed E-state index contributed by atoms with van der Waals surface area (Å²) < 4.78 is 11.0. The molecule has 20 heavy (non-hydrogen) atoms. The highest BCUT2D eigenvalue weighted by Crippen LogP contribution is 2.23. The van der Waals surface area contributed by atoms with Crippen molar-refractivity contribution in [3.63, 3.8) is 0 Å². The van der Waals surface area contributed by atoms with Crippen molar-refractivity contribution in [1.82, 2.24) is 9.61 Å². The SMILES string of the molecule is CCOC(=O)c1cc2c3cc(Cl)ccc3oc(=O)n2n1. The van der Waals surface area contributed by atoms with Crippen molar-refractivity contribution in [2.45, 2.75) is 6.92 Å². The van der Waals surface area contributed by atoms with Gasteiger partial charge in [0.2, 0.25) is 0 Å².